The van der Waals surface area contributed by atoms with Gasteiger partial charge in [-0.05, 0) is 55.0 Å². The number of nitrogens with one attached hydrogen (secondary N) is 2. The third-order valence-electron chi connectivity index (χ3n) is 3.80. The Kier molecular flexibility index (Phi) is 4.28. The molecule has 1 heterocycles. The van der Waals surface area contributed by atoms with Gasteiger partial charge in [-0.1, -0.05) is 32.9 Å². The molecule has 0 atom stereocenters. The van der Waals surface area contributed by atoms with Crippen LogP contribution in [0.4, 0.5) is 5.69 Å². The maximum absolute atomic E-state index is 3.57. The predicted molar refractivity (Wildman–Crippen MR) is 79.2 cm³/mol. The van der Waals surface area contributed by atoms with Gasteiger partial charge in [0.25, 0.3) is 0 Å². The zero-order valence-electron chi connectivity index (χ0n) is 11.9. The molecule has 18 heavy (non-hydrogen) atoms. The fourth-order valence-electron chi connectivity index (χ4n) is 2.44. The number of hydrogen-bond acceptors (Lipinski definition) is 2. The lowest BCUT2D eigenvalue weighted by atomic mass is 9.87. The van der Waals surface area contributed by atoms with Gasteiger partial charge >= 0.3 is 0 Å². The molecule has 1 aliphatic heterocycles. The highest BCUT2D eigenvalue weighted by molar-refractivity contribution is 5.45. The van der Waals surface area contributed by atoms with E-state index < -0.39 is 0 Å². The van der Waals surface area contributed by atoms with E-state index in [1.165, 1.54) is 37.2 Å². The molecule has 0 bridgehead atoms. The monoisotopic (exact) mass is 246 g/mol. The summed E-state index contributed by atoms with van der Waals surface area (Å²) in [5, 5.41) is 6.97. The van der Waals surface area contributed by atoms with Gasteiger partial charge in [-0.3, -0.25) is 0 Å². The van der Waals surface area contributed by atoms with Crippen LogP contribution in [0.3, 0.4) is 0 Å². The van der Waals surface area contributed by atoms with Crippen LogP contribution in [-0.2, 0) is 5.41 Å². The summed E-state index contributed by atoms with van der Waals surface area (Å²) in [4.78, 5) is 0. The molecule has 0 spiro atoms. The molecule has 0 saturated carbocycles. The lowest BCUT2D eigenvalue weighted by Gasteiger charge is -2.23. The van der Waals surface area contributed by atoms with E-state index in [1.807, 2.05) is 0 Å². The lowest BCUT2D eigenvalue weighted by Crippen LogP contribution is -2.31. The van der Waals surface area contributed by atoms with Crippen molar-refractivity contribution in [3.63, 3.8) is 0 Å². The molecule has 0 aliphatic carbocycles. The number of rotatable bonds is 3. The van der Waals surface area contributed by atoms with Crippen LogP contribution in [0.2, 0.25) is 0 Å². The van der Waals surface area contributed by atoms with E-state index in [1.54, 1.807) is 0 Å². The zero-order chi connectivity index (χ0) is 13.0. The summed E-state index contributed by atoms with van der Waals surface area (Å²) in [6.07, 6.45) is 2.60. The largest absolute Gasteiger partial charge is 0.385 e. The molecular formula is C16H26N2. The maximum atomic E-state index is 3.57. The van der Waals surface area contributed by atoms with Crippen molar-refractivity contribution in [3.05, 3.63) is 29.8 Å². The van der Waals surface area contributed by atoms with Crippen LogP contribution in [0.1, 0.15) is 39.2 Å². The molecule has 1 fully saturated rings. The second-order valence-electron chi connectivity index (χ2n) is 6.40. The number of benzene rings is 1. The Hall–Kier alpha value is -1.02. The Morgan fingerprint density at radius 1 is 1.11 bits per heavy atom. The van der Waals surface area contributed by atoms with Crippen molar-refractivity contribution >= 4 is 5.69 Å². The molecule has 1 saturated heterocycles. The van der Waals surface area contributed by atoms with E-state index in [2.05, 4.69) is 55.7 Å². The quantitative estimate of drug-likeness (QED) is 0.854. The molecular weight excluding hydrogens is 220 g/mol. The summed E-state index contributed by atoms with van der Waals surface area (Å²) in [5.74, 6) is 0.827. The second kappa shape index (κ2) is 5.75. The molecule has 2 N–H and O–H groups in total. The standard InChI is InChI=1S/C16H26N2/c1-16(2,3)14-4-6-15(7-5-14)18-12-13-8-10-17-11-9-13/h4-7,13,17-18H,8-12H2,1-3H3. The first kappa shape index (κ1) is 13.4. The summed E-state index contributed by atoms with van der Waals surface area (Å²) in [6.45, 7) is 10.2. The molecule has 2 rings (SSSR count). The summed E-state index contributed by atoms with van der Waals surface area (Å²) in [6, 6.07) is 8.90. The fraction of sp³-hybridized carbons (Fsp3) is 0.625. The third-order valence-corrected chi connectivity index (χ3v) is 3.80. The van der Waals surface area contributed by atoms with Crippen molar-refractivity contribution in [3.8, 4) is 0 Å². The van der Waals surface area contributed by atoms with Crippen molar-refractivity contribution in [1.29, 1.82) is 0 Å². The van der Waals surface area contributed by atoms with Gasteiger partial charge < -0.3 is 10.6 Å². The summed E-state index contributed by atoms with van der Waals surface area (Å²) in [5.41, 5.74) is 2.89. The summed E-state index contributed by atoms with van der Waals surface area (Å²) in [7, 11) is 0. The zero-order valence-corrected chi connectivity index (χ0v) is 11.9. The van der Waals surface area contributed by atoms with Gasteiger partial charge in [0.1, 0.15) is 0 Å². The van der Waals surface area contributed by atoms with Crippen LogP contribution in [0.25, 0.3) is 0 Å². The molecule has 2 heteroatoms. The minimum atomic E-state index is 0.244. The van der Waals surface area contributed by atoms with E-state index in [0.29, 0.717) is 0 Å². The van der Waals surface area contributed by atoms with Crippen LogP contribution in [0, 0.1) is 5.92 Å². The molecule has 2 nitrogen and oxygen atoms in total. The third kappa shape index (κ3) is 3.74. The average Bonchev–Trinajstić information content (AvgIpc) is 2.37. The van der Waals surface area contributed by atoms with E-state index in [-0.39, 0.29) is 5.41 Å². The van der Waals surface area contributed by atoms with E-state index in [9.17, 15) is 0 Å². The van der Waals surface area contributed by atoms with Crippen molar-refractivity contribution in [2.24, 2.45) is 5.92 Å². The Morgan fingerprint density at radius 3 is 2.28 bits per heavy atom. The molecule has 1 aromatic rings. The predicted octanol–water partition coefficient (Wildman–Crippen LogP) is 3.40. The highest BCUT2D eigenvalue weighted by Gasteiger charge is 2.14. The SMILES string of the molecule is CC(C)(C)c1ccc(NCC2CCNCC2)cc1. The molecule has 1 aromatic carbocycles. The van der Waals surface area contributed by atoms with Crippen LogP contribution in [0.15, 0.2) is 24.3 Å². The van der Waals surface area contributed by atoms with Crippen molar-refractivity contribution in [2.75, 3.05) is 25.0 Å². The summed E-state index contributed by atoms with van der Waals surface area (Å²) >= 11 is 0. The van der Waals surface area contributed by atoms with Gasteiger partial charge in [0.05, 0.1) is 0 Å². The minimum absolute atomic E-state index is 0.244. The van der Waals surface area contributed by atoms with Crippen LogP contribution in [0.5, 0.6) is 0 Å². The first-order valence-corrected chi connectivity index (χ1v) is 7.11. The van der Waals surface area contributed by atoms with Crippen LogP contribution < -0.4 is 10.6 Å². The molecule has 0 aromatic heterocycles. The van der Waals surface area contributed by atoms with Crippen LogP contribution >= 0.6 is 0 Å². The molecule has 100 valence electrons. The molecule has 0 radical (unpaired) electrons. The first-order valence-electron chi connectivity index (χ1n) is 7.11. The van der Waals surface area contributed by atoms with E-state index in [0.717, 1.165) is 12.5 Å². The number of piperidine rings is 1. The van der Waals surface area contributed by atoms with Crippen molar-refractivity contribution in [1.82, 2.24) is 5.32 Å². The number of anilines is 1. The van der Waals surface area contributed by atoms with Crippen LogP contribution in [-0.4, -0.2) is 19.6 Å². The lowest BCUT2D eigenvalue weighted by molar-refractivity contribution is 0.390. The number of hydrogen-bond donors (Lipinski definition) is 2. The average molecular weight is 246 g/mol. The second-order valence-corrected chi connectivity index (χ2v) is 6.40. The normalized spacial score (nSPS) is 17.7. The van der Waals surface area contributed by atoms with E-state index in [4.69, 9.17) is 0 Å². The highest BCUT2D eigenvalue weighted by Crippen LogP contribution is 2.23. The van der Waals surface area contributed by atoms with Gasteiger partial charge in [0.15, 0.2) is 0 Å². The Labute approximate surface area is 111 Å². The molecule has 0 unspecified atom stereocenters. The van der Waals surface area contributed by atoms with Gasteiger partial charge in [0.2, 0.25) is 0 Å². The van der Waals surface area contributed by atoms with Crippen molar-refractivity contribution in [2.45, 2.75) is 39.0 Å². The van der Waals surface area contributed by atoms with Gasteiger partial charge in [0, 0.05) is 12.2 Å². The first-order chi connectivity index (χ1) is 8.55. The maximum Gasteiger partial charge on any atom is 0.0340 e. The minimum Gasteiger partial charge on any atom is -0.385 e. The van der Waals surface area contributed by atoms with Crippen molar-refractivity contribution < 1.29 is 0 Å². The van der Waals surface area contributed by atoms with Gasteiger partial charge in [-0.15, -0.1) is 0 Å². The smallest absolute Gasteiger partial charge is 0.0340 e. The Bertz CT molecular complexity index is 356. The van der Waals surface area contributed by atoms with Gasteiger partial charge in [-0.25, -0.2) is 0 Å². The topological polar surface area (TPSA) is 24.1 Å². The Balaban J connectivity index is 1.86. The highest BCUT2D eigenvalue weighted by atomic mass is 14.9. The summed E-state index contributed by atoms with van der Waals surface area (Å²) < 4.78 is 0. The van der Waals surface area contributed by atoms with Gasteiger partial charge in [-0.2, -0.15) is 0 Å². The fourth-order valence-corrected chi connectivity index (χ4v) is 2.44. The molecule has 1 aliphatic rings. The molecule has 0 amide bonds. The van der Waals surface area contributed by atoms with E-state index >= 15 is 0 Å². The Morgan fingerprint density at radius 2 is 1.72 bits per heavy atom.